The van der Waals surface area contributed by atoms with Crippen LogP contribution in [-0.2, 0) is 6.54 Å². The Bertz CT molecular complexity index is 621. The third-order valence-corrected chi connectivity index (χ3v) is 3.48. The normalized spacial score (nSPS) is 9.85. The van der Waals surface area contributed by atoms with Crippen molar-refractivity contribution >= 4 is 28.9 Å². The highest BCUT2D eigenvalue weighted by atomic mass is 35.5. The predicted molar refractivity (Wildman–Crippen MR) is 81.3 cm³/mol. The van der Waals surface area contributed by atoms with Crippen molar-refractivity contribution in [3.8, 4) is 11.8 Å². The molecule has 0 aromatic heterocycles. The molecule has 0 aliphatic rings. The Labute approximate surface area is 127 Å². The average molecular weight is 307 g/mol. The van der Waals surface area contributed by atoms with Gasteiger partial charge in [-0.25, -0.2) is 0 Å². The summed E-state index contributed by atoms with van der Waals surface area (Å²) in [5.74, 6) is 0.677. The zero-order valence-corrected chi connectivity index (χ0v) is 12.1. The summed E-state index contributed by atoms with van der Waals surface area (Å²) in [5, 5.41) is 12.7. The molecule has 0 fully saturated rings. The number of halogens is 2. The fraction of sp³-hybridized carbons (Fsp3) is 0.133. The number of nitrogens with one attached hydrogen (secondary N) is 1. The molecule has 2 aromatic rings. The number of hydrogen-bond acceptors (Lipinski definition) is 3. The van der Waals surface area contributed by atoms with Gasteiger partial charge in [0.2, 0.25) is 0 Å². The largest absolute Gasteiger partial charge is 0.479 e. The smallest absolute Gasteiger partial charge is 0.174 e. The molecule has 102 valence electrons. The second kappa shape index (κ2) is 7.04. The summed E-state index contributed by atoms with van der Waals surface area (Å²) in [6.45, 7) is 0.675. The summed E-state index contributed by atoms with van der Waals surface area (Å²) in [6.07, 6.45) is 0. The Morgan fingerprint density at radius 2 is 1.85 bits per heavy atom. The maximum Gasteiger partial charge on any atom is 0.174 e. The van der Waals surface area contributed by atoms with Gasteiger partial charge in [0.05, 0.1) is 15.7 Å². The van der Waals surface area contributed by atoms with E-state index in [0.717, 1.165) is 11.3 Å². The van der Waals surface area contributed by atoms with E-state index >= 15 is 0 Å². The van der Waals surface area contributed by atoms with Gasteiger partial charge in [-0.3, -0.25) is 0 Å². The van der Waals surface area contributed by atoms with Crippen LogP contribution in [-0.4, -0.2) is 6.61 Å². The summed E-state index contributed by atoms with van der Waals surface area (Å²) >= 11 is 12.0. The quantitative estimate of drug-likeness (QED) is 0.884. The minimum Gasteiger partial charge on any atom is -0.479 e. The summed E-state index contributed by atoms with van der Waals surface area (Å²) < 4.78 is 5.19. The standard InChI is InChI=1S/C15H12Cl2N2O/c16-13-2-1-3-14(15(13)17)19-10-11-4-6-12(7-5-11)20-9-8-18/h1-7,19H,9-10H2. The lowest BCUT2D eigenvalue weighted by atomic mass is 10.2. The Morgan fingerprint density at radius 3 is 2.55 bits per heavy atom. The molecule has 0 saturated heterocycles. The van der Waals surface area contributed by atoms with Gasteiger partial charge >= 0.3 is 0 Å². The van der Waals surface area contributed by atoms with E-state index in [2.05, 4.69) is 5.32 Å². The number of anilines is 1. The van der Waals surface area contributed by atoms with Crippen LogP contribution in [0.5, 0.6) is 5.75 Å². The number of hydrogen-bond donors (Lipinski definition) is 1. The van der Waals surface area contributed by atoms with Crippen LogP contribution in [0.1, 0.15) is 5.56 Å². The zero-order chi connectivity index (χ0) is 14.4. The van der Waals surface area contributed by atoms with Crippen LogP contribution in [0.2, 0.25) is 10.0 Å². The van der Waals surface area contributed by atoms with Crippen molar-refractivity contribution in [3.05, 3.63) is 58.1 Å². The summed E-state index contributed by atoms with van der Waals surface area (Å²) in [5.41, 5.74) is 1.87. The van der Waals surface area contributed by atoms with Crippen LogP contribution >= 0.6 is 23.2 Å². The Hall–Kier alpha value is -1.89. The lowest BCUT2D eigenvalue weighted by Gasteiger charge is -2.10. The first-order valence-corrected chi connectivity index (χ1v) is 6.73. The first kappa shape index (κ1) is 14.5. The monoisotopic (exact) mass is 306 g/mol. The van der Waals surface area contributed by atoms with Gasteiger partial charge in [0, 0.05) is 6.54 Å². The first-order chi connectivity index (χ1) is 9.70. The molecule has 0 unspecified atom stereocenters. The topological polar surface area (TPSA) is 45.0 Å². The van der Waals surface area contributed by atoms with Crippen LogP contribution in [0, 0.1) is 11.3 Å². The molecule has 0 amide bonds. The third kappa shape index (κ3) is 3.80. The molecule has 5 heteroatoms. The third-order valence-electron chi connectivity index (χ3n) is 2.66. The van der Waals surface area contributed by atoms with Crippen LogP contribution in [0.15, 0.2) is 42.5 Å². The van der Waals surface area contributed by atoms with E-state index in [1.165, 1.54) is 0 Å². The van der Waals surface area contributed by atoms with Crippen molar-refractivity contribution in [1.82, 2.24) is 0 Å². The molecule has 20 heavy (non-hydrogen) atoms. The van der Waals surface area contributed by atoms with Crippen molar-refractivity contribution in [2.45, 2.75) is 6.54 Å². The second-order valence-electron chi connectivity index (χ2n) is 4.05. The molecule has 3 nitrogen and oxygen atoms in total. The van der Waals surface area contributed by atoms with E-state index < -0.39 is 0 Å². The van der Waals surface area contributed by atoms with E-state index in [-0.39, 0.29) is 6.61 Å². The molecule has 0 heterocycles. The summed E-state index contributed by atoms with van der Waals surface area (Å²) in [6, 6.07) is 14.9. The average Bonchev–Trinajstić information content (AvgIpc) is 2.48. The van der Waals surface area contributed by atoms with Crippen molar-refractivity contribution in [1.29, 1.82) is 5.26 Å². The molecule has 2 rings (SSSR count). The van der Waals surface area contributed by atoms with Gasteiger partial charge in [-0.1, -0.05) is 41.4 Å². The van der Waals surface area contributed by atoms with Gasteiger partial charge in [-0.2, -0.15) is 5.26 Å². The maximum absolute atomic E-state index is 8.43. The summed E-state index contributed by atoms with van der Waals surface area (Å²) in [4.78, 5) is 0. The predicted octanol–water partition coefficient (Wildman–Crippen LogP) is 4.51. The van der Waals surface area contributed by atoms with E-state index in [1.807, 2.05) is 42.5 Å². The highest BCUT2D eigenvalue weighted by Gasteiger charge is 2.03. The van der Waals surface area contributed by atoms with Crippen molar-refractivity contribution in [3.63, 3.8) is 0 Å². The molecule has 0 aliphatic carbocycles. The highest BCUT2D eigenvalue weighted by Crippen LogP contribution is 2.29. The number of ether oxygens (including phenoxy) is 1. The SMILES string of the molecule is N#CCOc1ccc(CNc2cccc(Cl)c2Cl)cc1. The van der Waals surface area contributed by atoms with Gasteiger partial charge in [-0.15, -0.1) is 0 Å². The van der Waals surface area contributed by atoms with Crippen molar-refractivity contribution in [2.24, 2.45) is 0 Å². The lowest BCUT2D eigenvalue weighted by Crippen LogP contribution is -2.00. The van der Waals surface area contributed by atoms with E-state index in [9.17, 15) is 0 Å². The molecule has 0 aliphatic heterocycles. The molecule has 0 spiro atoms. The Balaban J connectivity index is 1.97. The fourth-order valence-corrected chi connectivity index (χ4v) is 2.02. The van der Waals surface area contributed by atoms with Crippen molar-refractivity contribution in [2.75, 3.05) is 11.9 Å². The molecule has 0 bridgehead atoms. The number of benzene rings is 2. The van der Waals surface area contributed by atoms with Gasteiger partial charge in [0.25, 0.3) is 0 Å². The maximum atomic E-state index is 8.43. The van der Waals surface area contributed by atoms with Gasteiger partial charge in [0.1, 0.15) is 11.8 Å². The van der Waals surface area contributed by atoms with Gasteiger partial charge < -0.3 is 10.1 Å². The second-order valence-corrected chi connectivity index (χ2v) is 4.83. The minimum atomic E-state index is 0.0513. The summed E-state index contributed by atoms with van der Waals surface area (Å²) in [7, 11) is 0. The van der Waals surface area contributed by atoms with Crippen LogP contribution in [0.4, 0.5) is 5.69 Å². The van der Waals surface area contributed by atoms with Gasteiger partial charge in [-0.05, 0) is 29.8 Å². The molecular formula is C15H12Cl2N2O. The Morgan fingerprint density at radius 1 is 1.10 bits per heavy atom. The fourth-order valence-electron chi connectivity index (χ4n) is 1.66. The van der Waals surface area contributed by atoms with Gasteiger partial charge in [0.15, 0.2) is 6.61 Å². The Kier molecular flexibility index (Phi) is 5.11. The number of rotatable bonds is 5. The van der Waals surface area contributed by atoms with Crippen LogP contribution < -0.4 is 10.1 Å². The molecule has 0 atom stereocenters. The van der Waals surface area contributed by atoms with E-state index in [0.29, 0.717) is 22.3 Å². The number of nitrogens with zero attached hydrogens (tertiary/aromatic N) is 1. The van der Waals surface area contributed by atoms with E-state index in [1.54, 1.807) is 6.07 Å². The molecule has 1 N–H and O–H groups in total. The highest BCUT2D eigenvalue weighted by molar-refractivity contribution is 6.43. The molecule has 2 aromatic carbocycles. The molecule has 0 saturated carbocycles. The van der Waals surface area contributed by atoms with E-state index in [4.69, 9.17) is 33.2 Å². The lowest BCUT2D eigenvalue weighted by molar-refractivity contribution is 0.368. The first-order valence-electron chi connectivity index (χ1n) is 5.97. The molecule has 0 radical (unpaired) electrons. The number of nitriles is 1. The molecular weight excluding hydrogens is 295 g/mol. The van der Waals surface area contributed by atoms with Crippen LogP contribution in [0.25, 0.3) is 0 Å². The minimum absolute atomic E-state index is 0.0513. The zero-order valence-electron chi connectivity index (χ0n) is 10.6. The van der Waals surface area contributed by atoms with Crippen LogP contribution in [0.3, 0.4) is 0 Å². The van der Waals surface area contributed by atoms with Crippen molar-refractivity contribution < 1.29 is 4.74 Å².